The summed E-state index contributed by atoms with van der Waals surface area (Å²) in [7, 11) is -3.96. The molecule has 134 valence electrons. The van der Waals surface area contributed by atoms with Crippen molar-refractivity contribution in [2.75, 3.05) is 5.75 Å². The fraction of sp³-hybridized carbons (Fsp3) is 0.412. The summed E-state index contributed by atoms with van der Waals surface area (Å²) < 4.78 is 25.3. The number of hydrogen-bond acceptors (Lipinski definition) is 6. The summed E-state index contributed by atoms with van der Waals surface area (Å²) in [4.78, 5) is 34.6. The predicted octanol–water partition coefficient (Wildman–Crippen LogP) is 1.91. The largest absolute Gasteiger partial charge is 0.299 e. The molecule has 1 aromatic rings. The Morgan fingerprint density at radius 1 is 1.16 bits per heavy atom. The van der Waals surface area contributed by atoms with Crippen molar-refractivity contribution in [3.8, 4) is 0 Å². The third-order valence-corrected chi connectivity index (χ3v) is 6.51. The van der Waals surface area contributed by atoms with Crippen molar-refractivity contribution in [1.82, 2.24) is 0 Å². The molecule has 0 bridgehead atoms. The summed E-state index contributed by atoms with van der Waals surface area (Å²) in [6.07, 6.45) is 0. The number of ketones is 2. The van der Waals surface area contributed by atoms with Gasteiger partial charge in [0.1, 0.15) is 17.3 Å². The van der Waals surface area contributed by atoms with E-state index in [2.05, 4.69) is 0 Å². The molecule has 2 atom stereocenters. The maximum Gasteiger partial charge on any atom is 0.249 e. The van der Waals surface area contributed by atoms with Gasteiger partial charge in [0, 0.05) is 16.4 Å². The zero-order valence-corrected chi connectivity index (χ0v) is 14.9. The quantitative estimate of drug-likeness (QED) is 0.432. The molecule has 7 nitrogen and oxygen atoms in total. The Bertz CT molecular complexity index is 842. The topological polar surface area (TPSA) is 111 Å². The highest BCUT2D eigenvalue weighted by molar-refractivity contribution is 7.95. The number of hydrogen-bond donors (Lipinski definition) is 0. The maximum atomic E-state index is 12.7. The van der Waals surface area contributed by atoms with Gasteiger partial charge >= 0.3 is 0 Å². The molecule has 0 unspecified atom stereocenters. The van der Waals surface area contributed by atoms with Crippen LogP contribution in [-0.4, -0.2) is 36.7 Å². The highest BCUT2D eigenvalue weighted by Gasteiger charge is 2.48. The van der Waals surface area contributed by atoms with E-state index in [1.807, 2.05) is 0 Å². The Balaban J connectivity index is 2.77. The van der Waals surface area contributed by atoms with Crippen molar-refractivity contribution >= 4 is 21.4 Å². The van der Waals surface area contributed by atoms with E-state index in [4.69, 9.17) is 0 Å². The summed E-state index contributed by atoms with van der Waals surface area (Å²) >= 11 is 0. The van der Waals surface area contributed by atoms with E-state index >= 15 is 0 Å². The molecule has 0 aromatic heterocycles. The summed E-state index contributed by atoms with van der Waals surface area (Å²) in [6, 6.07) is 6.95. The lowest BCUT2D eigenvalue weighted by atomic mass is 9.79. The number of carbonyl (C=O) groups excluding carboxylic acids is 2. The van der Waals surface area contributed by atoms with E-state index in [0.29, 0.717) is 5.56 Å². The standard InChI is InChI=1S/C17H19NO6S/c1-10-14(18(21)22)9-25(23,24)17(10)16(13-7-5-4-6-8-13)15(11(2)19)12(3)20/h4-8,14-16H,9H2,1-3H3/t14-,16+/m0/s1. The number of rotatable bonds is 6. The number of benzene rings is 1. The van der Waals surface area contributed by atoms with E-state index < -0.39 is 50.0 Å². The van der Waals surface area contributed by atoms with Crippen molar-refractivity contribution in [3.05, 3.63) is 56.5 Å². The number of nitro groups is 1. The minimum absolute atomic E-state index is 0.0892. The van der Waals surface area contributed by atoms with Gasteiger partial charge in [0.15, 0.2) is 9.84 Å². The molecule has 2 rings (SSSR count). The first-order chi connectivity index (χ1) is 11.6. The first-order valence-corrected chi connectivity index (χ1v) is 9.36. The number of allylic oxidation sites excluding steroid dienone is 1. The predicted molar refractivity (Wildman–Crippen MR) is 91.3 cm³/mol. The fourth-order valence-electron chi connectivity index (χ4n) is 3.40. The number of Topliss-reactive ketones (excluding diaryl/α,β-unsaturated/α-hetero) is 2. The van der Waals surface area contributed by atoms with Gasteiger partial charge in [-0.25, -0.2) is 8.42 Å². The van der Waals surface area contributed by atoms with E-state index in [-0.39, 0.29) is 10.5 Å². The highest BCUT2D eigenvalue weighted by atomic mass is 32.2. The van der Waals surface area contributed by atoms with E-state index in [0.717, 1.165) is 0 Å². The molecule has 0 radical (unpaired) electrons. The second-order valence-electron chi connectivity index (χ2n) is 6.22. The van der Waals surface area contributed by atoms with Gasteiger partial charge in [-0.3, -0.25) is 19.7 Å². The minimum atomic E-state index is -3.96. The number of carbonyl (C=O) groups is 2. The van der Waals surface area contributed by atoms with Gasteiger partial charge in [-0.15, -0.1) is 0 Å². The van der Waals surface area contributed by atoms with E-state index in [1.165, 1.54) is 20.8 Å². The fourth-order valence-corrected chi connectivity index (χ4v) is 5.65. The van der Waals surface area contributed by atoms with Gasteiger partial charge in [-0.05, 0) is 26.3 Å². The van der Waals surface area contributed by atoms with E-state index in [1.54, 1.807) is 30.3 Å². The van der Waals surface area contributed by atoms with Crippen LogP contribution in [0.2, 0.25) is 0 Å². The third-order valence-electron chi connectivity index (χ3n) is 4.51. The van der Waals surface area contributed by atoms with E-state index in [9.17, 15) is 28.1 Å². The Kier molecular flexibility index (Phi) is 5.22. The van der Waals surface area contributed by atoms with Gasteiger partial charge in [-0.1, -0.05) is 30.3 Å². The van der Waals surface area contributed by atoms with Crippen LogP contribution in [0, 0.1) is 16.0 Å². The average Bonchev–Trinajstić information content (AvgIpc) is 2.75. The molecular formula is C17H19NO6S. The molecule has 0 spiro atoms. The number of sulfone groups is 1. The van der Waals surface area contributed by atoms with Crippen LogP contribution in [0.5, 0.6) is 0 Å². The van der Waals surface area contributed by atoms with Crippen LogP contribution in [-0.2, 0) is 19.4 Å². The molecule has 0 saturated heterocycles. The monoisotopic (exact) mass is 365 g/mol. The van der Waals surface area contributed by atoms with Crippen LogP contribution in [0.25, 0.3) is 0 Å². The minimum Gasteiger partial charge on any atom is -0.299 e. The second kappa shape index (κ2) is 6.87. The smallest absolute Gasteiger partial charge is 0.249 e. The first-order valence-electron chi connectivity index (χ1n) is 7.70. The van der Waals surface area contributed by atoms with Crippen molar-refractivity contribution < 1.29 is 22.9 Å². The molecular weight excluding hydrogens is 346 g/mol. The zero-order valence-electron chi connectivity index (χ0n) is 14.1. The Labute approximate surface area is 145 Å². The molecule has 0 fully saturated rings. The average molecular weight is 365 g/mol. The van der Waals surface area contributed by atoms with Crippen molar-refractivity contribution in [3.63, 3.8) is 0 Å². The molecule has 25 heavy (non-hydrogen) atoms. The van der Waals surface area contributed by atoms with Crippen LogP contribution in [0.15, 0.2) is 40.8 Å². The number of nitrogens with zero attached hydrogens (tertiary/aromatic N) is 1. The molecule has 1 aromatic carbocycles. The lowest BCUT2D eigenvalue weighted by molar-refractivity contribution is -0.505. The van der Waals surface area contributed by atoms with Crippen molar-refractivity contribution in [1.29, 1.82) is 0 Å². The van der Waals surface area contributed by atoms with Crippen molar-refractivity contribution in [2.24, 2.45) is 5.92 Å². The molecule has 1 heterocycles. The Hall–Kier alpha value is -2.35. The summed E-state index contributed by atoms with van der Waals surface area (Å²) in [5, 5.41) is 11.2. The first kappa shape index (κ1) is 19.0. The third kappa shape index (κ3) is 3.53. The normalized spacial score (nSPS) is 20.6. The molecule has 0 saturated carbocycles. The molecule has 1 aliphatic heterocycles. The SMILES string of the molecule is CC(=O)C(C(C)=O)[C@H](C1=C(C)[C@@H]([N+](=O)[O-])CS1(=O)=O)c1ccccc1. The Morgan fingerprint density at radius 3 is 2.08 bits per heavy atom. The van der Waals surface area contributed by atoms with Crippen LogP contribution < -0.4 is 0 Å². The van der Waals surface area contributed by atoms with Crippen molar-refractivity contribution in [2.45, 2.75) is 32.7 Å². The van der Waals surface area contributed by atoms with Gasteiger partial charge in [0.05, 0.1) is 10.8 Å². The molecule has 0 aliphatic carbocycles. The zero-order chi connectivity index (χ0) is 18.9. The second-order valence-corrected chi connectivity index (χ2v) is 8.22. The molecule has 0 amide bonds. The lowest BCUT2D eigenvalue weighted by Crippen LogP contribution is -2.30. The van der Waals surface area contributed by atoms with Crippen LogP contribution in [0.4, 0.5) is 0 Å². The lowest BCUT2D eigenvalue weighted by Gasteiger charge is -2.25. The van der Waals surface area contributed by atoms with Crippen LogP contribution >= 0.6 is 0 Å². The summed E-state index contributed by atoms with van der Waals surface area (Å²) in [6.45, 7) is 3.84. The molecule has 0 N–H and O–H groups in total. The summed E-state index contributed by atoms with van der Waals surface area (Å²) in [5.41, 5.74) is 0.561. The summed E-state index contributed by atoms with van der Waals surface area (Å²) in [5.74, 6) is -3.84. The van der Waals surface area contributed by atoms with Gasteiger partial charge in [0.25, 0.3) is 0 Å². The maximum absolute atomic E-state index is 12.7. The van der Waals surface area contributed by atoms with Crippen LogP contribution in [0.1, 0.15) is 32.3 Å². The van der Waals surface area contributed by atoms with Gasteiger partial charge < -0.3 is 0 Å². The molecule has 8 heteroatoms. The van der Waals surface area contributed by atoms with Crippen LogP contribution in [0.3, 0.4) is 0 Å². The van der Waals surface area contributed by atoms with Gasteiger partial charge in [-0.2, -0.15) is 0 Å². The molecule has 1 aliphatic rings. The van der Waals surface area contributed by atoms with Gasteiger partial charge in [0.2, 0.25) is 6.04 Å². The Morgan fingerprint density at radius 2 is 1.68 bits per heavy atom. The highest BCUT2D eigenvalue weighted by Crippen LogP contribution is 2.43.